The van der Waals surface area contributed by atoms with Crippen LogP contribution in [0.15, 0.2) is 32.9 Å². The molecule has 2 aliphatic heterocycles. The van der Waals surface area contributed by atoms with Gasteiger partial charge >= 0.3 is 0 Å². The third-order valence-corrected chi connectivity index (χ3v) is 8.60. The molecule has 0 radical (unpaired) electrons. The molecular weight excluding hydrogens is 404 g/mol. The van der Waals surface area contributed by atoms with Gasteiger partial charge in [0.25, 0.3) is 0 Å². The molecule has 1 aromatic carbocycles. The quantitative estimate of drug-likeness (QED) is 0.686. The first-order valence-corrected chi connectivity index (χ1v) is 12.2. The number of hydrogen-bond donors (Lipinski definition) is 0. The smallest absolute Gasteiger partial charge is 0.243 e. The highest BCUT2D eigenvalue weighted by Gasteiger charge is 2.30. The lowest BCUT2D eigenvalue weighted by molar-refractivity contribution is -0.116. The number of sulfonamides is 1. The van der Waals surface area contributed by atoms with E-state index in [0.717, 1.165) is 34.9 Å². The van der Waals surface area contributed by atoms with Crippen LogP contribution >= 0.6 is 23.1 Å². The van der Waals surface area contributed by atoms with Crippen molar-refractivity contribution in [1.82, 2.24) is 14.5 Å². The molecular formula is C17H20N4O3S3. The highest BCUT2D eigenvalue weighted by molar-refractivity contribution is 8.01. The summed E-state index contributed by atoms with van der Waals surface area (Å²) in [5.74, 6) is 0.295. The van der Waals surface area contributed by atoms with Crippen LogP contribution in [0.2, 0.25) is 0 Å². The lowest BCUT2D eigenvalue weighted by Gasteiger charge is -2.26. The third-order valence-electron chi connectivity index (χ3n) is 4.86. The molecule has 7 nitrogen and oxygen atoms in total. The Morgan fingerprint density at radius 3 is 2.74 bits per heavy atom. The van der Waals surface area contributed by atoms with Crippen molar-refractivity contribution in [2.75, 3.05) is 30.3 Å². The average molecular weight is 425 g/mol. The van der Waals surface area contributed by atoms with Crippen molar-refractivity contribution in [3.05, 3.63) is 29.3 Å². The number of carbonyl (C=O) groups is 1. The summed E-state index contributed by atoms with van der Waals surface area (Å²) < 4.78 is 28.1. The predicted octanol–water partition coefficient (Wildman–Crippen LogP) is 2.39. The zero-order valence-electron chi connectivity index (χ0n) is 14.7. The van der Waals surface area contributed by atoms with E-state index in [9.17, 15) is 13.2 Å². The van der Waals surface area contributed by atoms with Crippen LogP contribution in [-0.2, 0) is 21.2 Å². The van der Waals surface area contributed by atoms with Crippen molar-refractivity contribution in [2.24, 2.45) is 0 Å². The van der Waals surface area contributed by atoms with Gasteiger partial charge in [-0.2, -0.15) is 4.31 Å². The van der Waals surface area contributed by atoms with Gasteiger partial charge in [0, 0.05) is 25.3 Å². The summed E-state index contributed by atoms with van der Waals surface area (Å²) in [6, 6.07) is 5.14. The van der Waals surface area contributed by atoms with E-state index in [1.54, 1.807) is 32.9 Å². The first-order valence-electron chi connectivity index (χ1n) is 8.88. The molecule has 0 bridgehead atoms. The highest BCUT2D eigenvalue weighted by Crippen LogP contribution is 2.32. The van der Waals surface area contributed by atoms with E-state index < -0.39 is 10.0 Å². The molecule has 0 N–H and O–H groups in total. The van der Waals surface area contributed by atoms with E-state index in [-0.39, 0.29) is 5.91 Å². The van der Waals surface area contributed by atoms with Crippen molar-refractivity contribution in [3.8, 4) is 0 Å². The summed E-state index contributed by atoms with van der Waals surface area (Å²) >= 11 is 2.78. The number of fused-ring (bicyclic) bond motifs is 1. The van der Waals surface area contributed by atoms with Gasteiger partial charge in [-0.25, -0.2) is 8.42 Å². The Hall–Kier alpha value is -1.49. The van der Waals surface area contributed by atoms with Crippen molar-refractivity contribution in [2.45, 2.75) is 34.9 Å². The van der Waals surface area contributed by atoms with Crippen LogP contribution in [-0.4, -0.2) is 54.2 Å². The molecule has 2 aliphatic rings. The van der Waals surface area contributed by atoms with E-state index in [2.05, 4.69) is 10.2 Å². The second-order valence-electron chi connectivity index (χ2n) is 6.54. The number of aromatic nitrogens is 2. The maximum absolute atomic E-state index is 12.9. The van der Waals surface area contributed by atoms with Gasteiger partial charge < -0.3 is 4.90 Å². The van der Waals surface area contributed by atoms with Gasteiger partial charge in [-0.15, -0.1) is 10.2 Å². The Morgan fingerprint density at radius 2 is 2.00 bits per heavy atom. The molecule has 144 valence electrons. The van der Waals surface area contributed by atoms with Crippen LogP contribution in [0.4, 0.5) is 5.69 Å². The summed E-state index contributed by atoms with van der Waals surface area (Å²) in [7, 11) is -3.45. The normalized spacial score (nSPS) is 17.9. The number of anilines is 1. The average Bonchev–Trinajstić information content (AvgIpc) is 3.36. The largest absolute Gasteiger partial charge is 0.311 e. The highest BCUT2D eigenvalue weighted by atomic mass is 32.2. The van der Waals surface area contributed by atoms with Crippen molar-refractivity contribution < 1.29 is 13.2 Å². The van der Waals surface area contributed by atoms with Gasteiger partial charge in [0.1, 0.15) is 5.51 Å². The SMILES string of the molecule is O=C(CSc1nncs1)N1CCc2cc(S(=O)(=O)N3CCCCC3)ccc21. The predicted molar refractivity (Wildman–Crippen MR) is 106 cm³/mol. The van der Waals surface area contributed by atoms with Crippen LogP contribution in [0.25, 0.3) is 0 Å². The van der Waals surface area contributed by atoms with E-state index in [4.69, 9.17) is 0 Å². The van der Waals surface area contributed by atoms with E-state index in [0.29, 0.717) is 36.7 Å². The van der Waals surface area contributed by atoms with Crippen LogP contribution < -0.4 is 4.90 Å². The fourth-order valence-electron chi connectivity index (χ4n) is 3.48. The fraction of sp³-hybridized carbons (Fsp3) is 0.471. The monoisotopic (exact) mass is 424 g/mol. The third kappa shape index (κ3) is 3.89. The maximum Gasteiger partial charge on any atom is 0.243 e. The minimum Gasteiger partial charge on any atom is -0.311 e. The Kier molecular flexibility index (Phi) is 5.49. The number of rotatable bonds is 5. The summed E-state index contributed by atoms with van der Waals surface area (Å²) in [6.45, 7) is 1.76. The first-order chi connectivity index (χ1) is 13.1. The van der Waals surface area contributed by atoms with Gasteiger partial charge in [-0.05, 0) is 43.0 Å². The van der Waals surface area contributed by atoms with Crippen LogP contribution in [0.1, 0.15) is 24.8 Å². The standard InChI is InChI=1S/C17H20N4O3S3/c22-16(11-25-17-19-18-12-26-17)21-9-6-13-10-14(4-5-15(13)21)27(23,24)20-7-2-1-3-8-20/h4-5,10,12H,1-3,6-9,11H2. The molecule has 0 aliphatic carbocycles. The molecule has 1 fully saturated rings. The number of thioether (sulfide) groups is 1. The van der Waals surface area contributed by atoms with Gasteiger partial charge in [0.15, 0.2) is 4.34 Å². The Morgan fingerprint density at radius 1 is 1.19 bits per heavy atom. The fourth-order valence-corrected chi connectivity index (χ4v) is 6.41. The van der Waals surface area contributed by atoms with Gasteiger partial charge in [-0.1, -0.05) is 29.5 Å². The second kappa shape index (κ2) is 7.86. The molecule has 1 amide bonds. The number of hydrogen-bond acceptors (Lipinski definition) is 7. The van der Waals surface area contributed by atoms with Crippen LogP contribution in [0, 0.1) is 0 Å². The molecule has 0 spiro atoms. The zero-order valence-corrected chi connectivity index (χ0v) is 17.2. The Balaban J connectivity index is 1.49. The summed E-state index contributed by atoms with van der Waals surface area (Å²) in [4.78, 5) is 14.6. The maximum atomic E-state index is 12.9. The molecule has 3 heterocycles. The lowest BCUT2D eigenvalue weighted by atomic mass is 10.2. The van der Waals surface area contributed by atoms with Crippen molar-refractivity contribution in [1.29, 1.82) is 0 Å². The minimum atomic E-state index is -3.45. The summed E-state index contributed by atoms with van der Waals surface area (Å²) in [5, 5.41) is 7.70. The zero-order chi connectivity index (χ0) is 18.9. The molecule has 0 saturated carbocycles. The van der Waals surface area contributed by atoms with Crippen LogP contribution in [0.5, 0.6) is 0 Å². The molecule has 27 heavy (non-hydrogen) atoms. The number of benzene rings is 1. The molecule has 1 saturated heterocycles. The topological polar surface area (TPSA) is 83.5 Å². The lowest BCUT2D eigenvalue weighted by Crippen LogP contribution is -2.35. The molecule has 0 atom stereocenters. The second-order valence-corrected chi connectivity index (χ2v) is 10.5. The van der Waals surface area contributed by atoms with Gasteiger partial charge in [0.05, 0.1) is 10.6 Å². The number of piperidine rings is 1. The molecule has 2 aromatic rings. The Bertz CT molecular complexity index is 925. The first kappa shape index (κ1) is 18.9. The van der Waals surface area contributed by atoms with E-state index in [1.807, 2.05) is 0 Å². The van der Waals surface area contributed by atoms with E-state index >= 15 is 0 Å². The molecule has 1 aromatic heterocycles. The number of nitrogens with zero attached hydrogens (tertiary/aromatic N) is 4. The summed E-state index contributed by atoms with van der Waals surface area (Å²) in [5.41, 5.74) is 3.38. The number of carbonyl (C=O) groups excluding carboxylic acids is 1. The molecule has 4 rings (SSSR count). The molecule has 10 heteroatoms. The Labute approximate surface area is 166 Å². The molecule has 0 unspecified atom stereocenters. The van der Waals surface area contributed by atoms with Crippen molar-refractivity contribution >= 4 is 44.7 Å². The van der Waals surface area contributed by atoms with Crippen molar-refractivity contribution in [3.63, 3.8) is 0 Å². The van der Waals surface area contributed by atoms with Crippen LogP contribution in [0.3, 0.4) is 0 Å². The van der Waals surface area contributed by atoms with Gasteiger partial charge in [-0.3, -0.25) is 4.79 Å². The number of amides is 1. The summed E-state index contributed by atoms with van der Waals surface area (Å²) in [6.07, 6.45) is 3.59. The van der Waals surface area contributed by atoms with Gasteiger partial charge in [0.2, 0.25) is 15.9 Å². The van der Waals surface area contributed by atoms with E-state index in [1.165, 1.54) is 23.1 Å². The minimum absolute atomic E-state index is 0.000544.